The molecule has 4 nitrogen and oxygen atoms in total. The van der Waals surface area contributed by atoms with Gasteiger partial charge in [-0.05, 0) is 30.7 Å². The summed E-state index contributed by atoms with van der Waals surface area (Å²) in [5.74, 6) is -0.523. The molecule has 1 N–H and O–H groups in total. The molecule has 0 aliphatic heterocycles. The highest BCUT2D eigenvalue weighted by molar-refractivity contribution is 5.72. The van der Waals surface area contributed by atoms with Crippen molar-refractivity contribution in [1.29, 1.82) is 5.26 Å². The first-order chi connectivity index (χ1) is 7.17. The van der Waals surface area contributed by atoms with E-state index in [1.807, 2.05) is 6.07 Å². The van der Waals surface area contributed by atoms with Crippen LogP contribution in [0.1, 0.15) is 18.9 Å². The number of carbonyl (C=O) groups is 1. The van der Waals surface area contributed by atoms with Gasteiger partial charge in [0.05, 0.1) is 11.6 Å². The van der Waals surface area contributed by atoms with Crippen LogP contribution in [0.5, 0.6) is 5.75 Å². The van der Waals surface area contributed by atoms with E-state index in [1.165, 1.54) is 0 Å². The Kier molecular flexibility index (Phi) is 3.69. The van der Waals surface area contributed by atoms with E-state index >= 15 is 0 Å². The summed E-state index contributed by atoms with van der Waals surface area (Å²) in [7, 11) is 0. The van der Waals surface area contributed by atoms with E-state index in [4.69, 9.17) is 15.1 Å². The number of carboxylic acids is 1. The molecular formula is C11H11NO3. The Morgan fingerprint density at radius 2 is 2.13 bits per heavy atom. The van der Waals surface area contributed by atoms with Crippen LogP contribution in [0.2, 0.25) is 0 Å². The normalized spacial score (nSPS) is 11.5. The maximum Gasteiger partial charge on any atom is 0.344 e. The molecule has 0 heterocycles. The average molecular weight is 205 g/mol. The molecule has 0 spiro atoms. The van der Waals surface area contributed by atoms with E-state index in [0.717, 1.165) is 0 Å². The van der Waals surface area contributed by atoms with E-state index in [0.29, 0.717) is 17.7 Å². The number of aliphatic carboxylic acids is 1. The number of nitrogens with zero attached hydrogens (tertiary/aromatic N) is 1. The molecule has 0 saturated carbocycles. The van der Waals surface area contributed by atoms with Gasteiger partial charge in [0.1, 0.15) is 5.75 Å². The average Bonchev–Trinajstić information content (AvgIpc) is 2.26. The van der Waals surface area contributed by atoms with Gasteiger partial charge in [-0.3, -0.25) is 0 Å². The summed E-state index contributed by atoms with van der Waals surface area (Å²) < 4.78 is 5.22. The van der Waals surface area contributed by atoms with E-state index < -0.39 is 12.1 Å². The van der Waals surface area contributed by atoms with Crippen LogP contribution in [0.3, 0.4) is 0 Å². The molecule has 0 aromatic heterocycles. The molecule has 0 bridgehead atoms. The zero-order valence-electron chi connectivity index (χ0n) is 8.30. The van der Waals surface area contributed by atoms with Gasteiger partial charge in [0.15, 0.2) is 6.10 Å². The number of hydrogen-bond acceptors (Lipinski definition) is 3. The van der Waals surface area contributed by atoms with Crippen molar-refractivity contribution in [3.05, 3.63) is 29.8 Å². The van der Waals surface area contributed by atoms with Crippen molar-refractivity contribution in [2.24, 2.45) is 0 Å². The fourth-order valence-electron chi connectivity index (χ4n) is 1.08. The highest BCUT2D eigenvalue weighted by Crippen LogP contribution is 2.14. The van der Waals surface area contributed by atoms with Crippen LogP contribution in [-0.4, -0.2) is 17.2 Å². The van der Waals surface area contributed by atoms with Crippen LogP contribution >= 0.6 is 0 Å². The molecule has 0 amide bonds. The van der Waals surface area contributed by atoms with E-state index in [-0.39, 0.29) is 0 Å². The molecule has 0 fully saturated rings. The van der Waals surface area contributed by atoms with Crippen LogP contribution in [-0.2, 0) is 4.79 Å². The van der Waals surface area contributed by atoms with E-state index in [9.17, 15) is 4.79 Å². The fourth-order valence-corrected chi connectivity index (χ4v) is 1.08. The number of ether oxygens (including phenoxy) is 1. The third-order valence-corrected chi connectivity index (χ3v) is 1.91. The molecule has 0 aliphatic carbocycles. The monoisotopic (exact) mass is 205 g/mol. The van der Waals surface area contributed by atoms with Crippen molar-refractivity contribution in [2.75, 3.05) is 0 Å². The summed E-state index contributed by atoms with van der Waals surface area (Å²) in [6, 6.07) is 8.32. The SMILES string of the molecule is CC[C@@H](Oc1ccc(C#N)cc1)C(=O)O. The number of rotatable bonds is 4. The lowest BCUT2D eigenvalue weighted by Gasteiger charge is -2.12. The molecule has 0 saturated heterocycles. The van der Waals surface area contributed by atoms with Gasteiger partial charge in [-0.25, -0.2) is 4.79 Å². The van der Waals surface area contributed by atoms with Crippen molar-refractivity contribution in [3.63, 3.8) is 0 Å². The quantitative estimate of drug-likeness (QED) is 0.813. The van der Waals surface area contributed by atoms with E-state index in [1.54, 1.807) is 31.2 Å². The third kappa shape index (κ3) is 2.99. The van der Waals surface area contributed by atoms with Gasteiger partial charge in [0, 0.05) is 0 Å². The maximum absolute atomic E-state index is 10.7. The van der Waals surface area contributed by atoms with E-state index in [2.05, 4.69) is 0 Å². The lowest BCUT2D eigenvalue weighted by atomic mass is 10.2. The molecule has 0 unspecified atom stereocenters. The van der Waals surface area contributed by atoms with Gasteiger partial charge >= 0.3 is 5.97 Å². The van der Waals surface area contributed by atoms with Gasteiger partial charge in [-0.1, -0.05) is 6.92 Å². The minimum absolute atomic E-state index is 0.398. The summed E-state index contributed by atoms with van der Waals surface area (Å²) in [5.41, 5.74) is 0.519. The summed E-state index contributed by atoms with van der Waals surface area (Å²) in [5, 5.41) is 17.3. The first-order valence-corrected chi connectivity index (χ1v) is 4.57. The Morgan fingerprint density at radius 3 is 2.53 bits per heavy atom. The van der Waals surface area contributed by atoms with Crippen LogP contribution in [0.4, 0.5) is 0 Å². The highest BCUT2D eigenvalue weighted by Gasteiger charge is 2.16. The minimum Gasteiger partial charge on any atom is -0.479 e. The fraction of sp³-hybridized carbons (Fsp3) is 0.273. The summed E-state index contributed by atoms with van der Waals surface area (Å²) >= 11 is 0. The Hall–Kier alpha value is -2.02. The van der Waals surface area contributed by atoms with Gasteiger partial charge in [-0.15, -0.1) is 0 Å². The van der Waals surface area contributed by atoms with Crippen molar-refractivity contribution in [2.45, 2.75) is 19.4 Å². The molecule has 1 aromatic rings. The molecular weight excluding hydrogens is 194 g/mol. The topological polar surface area (TPSA) is 70.3 Å². The Balaban J connectivity index is 2.72. The smallest absolute Gasteiger partial charge is 0.344 e. The third-order valence-electron chi connectivity index (χ3n) is 1.91. The number of carboxylic acid groups (broad SMARTS) is 1. The van der Waals surface area contributed by atoms with Gasteiger partial charge in [-0.2, -0.15) is 5.26 Å². The minimum atomic E-state index is -0.984. The van der Waals surface area contributed by atoms with Crippen LogP contribution < -0.4 is 4.74 Å². The molecule has 78 valence electrons. The standard InChI is InChI=1S/C11H11NO3/c1-2-10(11(13)14)15-9-5-3-8(7-12)4-6-9/h3-6,10H,2H2,1H3,(H,13,14)/t10-/m1/s1. The predicted octanol–water partition coefficient (Wildman–Crippen LogP) is 1.80. The molecule has 0 aliphatic rings. The van der Waals surface area contributed by atoms with Crippen LogP contribution in [0.15, 0.2) is 24.3 Å². The predicted molar refractivity (Wildman–Crippen MR) is 53.5 cm³/mol. The van der Waals surface area contributed by atoms with Gasteiger partial charge in [0.25, 0.3) is 0 Å². The van der Waals surface area contributed by atoms with Crippen molar-refractivity contribution in [3.8, 4) is 11.8 Å². The second-order valence-corrected chi connectivity index (χ2v) is 2.99. The number of nitriles is 1. The maximum atomic E-state index is 10.7. The summed E-state index contributed by atoms with van der Waals surface area (Å²) in [4.78, 5) is 10.7. The second-order valence-electron chi connectivity index (χ2n) is 2.99. The first kappa shape index (κ1) is 11.1. The number of hydrogen-bond donors (Lipinski definition) is 1. The molecule has 0 radical (unpaired) electrons. The van der Waals surface area contributed by atoms with Gasteiger partial charge in [0.2, 0.25) is 0 Å². The zero-order valence-corrected chi connectivity index (χ0v) is 8.30. The molecule has 1 aromatic carbocycles. The number of benzene rings is 1. The van der Waals surface area contributed by atoms with Crippen molar-refractivity contribution < 1.29 is 14.6 Å². The van der Waals surface area contributed by atoms with Crippen molar-refractivity contribution >= 4 is 5.97 Å². The van der Waals surface area contributed by atoms with Crippen LogP contribution in [0, 0.1) is 11.3 Å². The largest absolute Gasteiger partial charge is 0.479 e. The highest BCUT2D eigenvalue weighted by atomic mass is 16.5. The lowest BCUT2D eigenvalue weighted by Crippen LogP contribution is -2.25. The molecule has 4 heteroatoms. The van der Waals surface area contributed by atoms with Crippen molar-refractivity contribution in [1.82, 2.24) is 0 Å². The summed E-state index contributed by atoms with van der Waals surface area (Å²) in [6.07, 6.45) is -0.437. The summed E-state index contributed by atoms with van der Waals surface area (Å²) in [6.45, 7) is 1.74. The molecule has 15 heavy (non-hydrogen) atoms. The Morgan fingerprint density at radius 1 is 1.53 bits per heavy atom. The Labute approximate surface area is 87.7 Å². The second kappa shape index (κ2) is 5.01. The molecule has 1 rings (SSSR count). The van der Waals surface area contributed by atoms with Crippen LogP contribution in [0.25, 0.3) is 0 Å². The Bertz CT molecular complexity index is 378. The zero-order chi connectivity index (χ0) is 11.3. The van der Waals surface area contributed by atoms with Gasteiger partial charge < -0.3 is 9.84 Å². The molecule has 1 atom stereocenters. The first-order valence-electron chi connectivity index (χ1n) is 4.57. The lowest BCUT2D eigenvalue weighted by molar-refractivity contribution is -0.145.